The van der Waals surface area contributed by atoms with Gasteiger partial charge < -0.3 is 5.11 Å². The summed E-state index contributed by atoms with van der Waals surface area (Å²) in [5.41, 5.74) is 1.40. The molecule has 2 nitrogen and oxygen atoms in total. The van der Waals surface area contributed by atoms with Crippen molar-refractivity contribution >= 4 is 11.6 Å². The molecule has 116 valence electrons. The molecular weight excluding hydrogens is 282 g/mol. The minimum Gasteiger partial charge on any atom is -0.391 e. The summed E-state index contributed by atoms with van der Waals surface area (Å²) in [4.78, 5) is 2.54. The van der Waals surface area contributed by atoms with Gasteiger partial charge in [-0.15, -0.1) is 0 Å². The molecule has 1 heterocycles. The number of rotatable bonds is 3. The largest absolute Gasteiger partial charge is 0.391 e. The standard InChI is InChI=1S/C18H26ClNO/c19-16-7-5-14(6-8-16)13-15-9-11-20(12-10-15)17-3-1-2-4-18(17)21/h5-8,15,17-18,21H,1-4,9-13H2/t17-,18-/m1/s1. The Balaban J connectivity index is 1.49. The number of hydrogen-bond donors (Lipinski definition) is 1. The Kier molecular flexibility index (Phi) is 5.20. The van der Waals surface area contributed by atoms with Crippen LogP contribution in [0.2, 0.25) is 5.02 Å². The SMILES string of the molecule is O[C@@H]1CCCC[C@H]1N1CCC(Cc2ccc(Cl)cc2)CC1. The van der Waals surface area contributed by atoms with E-state index in [-0.39, 0.29) is 6.10 Å². The molecule has 3 rings (SSSR count). The second kappa shape index (κ2) is 7.13. The molecule has 0 amide bonds. The smallest absolute Gasteiger partial charge is 0.0695 e. The molecule has 0 aromatic heterocycles. The Morgan fingerprint density at radius 2 is 1.67 bits per heavy atom. The van der Waals surface area contributed by atoms with Gasteiger partial charge in [-0.2, -0.15) is 0 Å². The van der Waals surface area contributed by atoms with E-state index in [0.29, 0.717) is 6.04 Å². The van der Waals surface area contributed by atoms with Crippen LogP contribution in [-0.4, -0.2) is 35.2 Å². The van der Waals surface area contributed by atoms with E-state index in [9.17, 15) is 5.11 Å². The van der Waals surface area contributed by atoms with Crippen LogP contribution in [-0.2, 0) is 6.42 Å². The molecule has 1 saturated carbocycles. The topological polar surface area (TPSA) is 23.5 Å². The first-order valence-electron chi connectivity index (χ1n) is 8.39. The highest BCUT2D eigenvalue weighted by atomic mass is 35.5. The molecule has 0 bridgehead atoms. The summed E-state index contributed by atoms with van der Waals surface area (Å²) in [6, 6.07) is 8.71. The maximum atomic E-state index is 10.2. The molecule has 1 aliphatic heterocycles. The Morgan fingerprint density at radius 1 is 1.00 bits per heavy atom. The molecule has 2 atom stereocenters. The molecular formula is C18H26ClNO. The zero-order valence-electron chi connectivity index (χ0n) is 12.7. The highest BCUT2D eigenvalue weighted by Crippen LogP contribution is 2.29. The van der Waals surface area contributed by atoms with Gasteiger partial charge in [0.25, 0.3) is 0 Å². The number of nitrogens with zero attached hydrogens (tertiary/aromatic N) is 1. The van der Waals surface area contributed by atoms with Crippen LogP contribution in [0.15, 0.2) is 24.3 Å². The van der Waals surface area contributed by atoms with Gasteiger partial charge in [0.1, 0.15) is 0 Å². The zero-order valence-corrected chi connectivity index (χ0v) is 13.4. The molecule has 1 aromatic carbocycles. The van der Waals surface area contributed by atoms with Crippen molar-refractivity contribution < 1.29 is 5.11 Å². The van der Waals surface area contributed by atoms with Gasteiger partial charge in [-0.1, -0.05) is 36.6 Å². The Hall–Kier alpha value is -0.570. The molecule has 2 aliphatic rings. The van der Waals surface area contributed by atoms with Gasteiger partial charge in [0.05, 0.1) is 6.10 Å². The van der Waals surface area contributed by atoms with Crippen molar-refractivity contribution in [3.05, 3.63) is 34.9 Å². The highest BCUT2D eigenvalue weighted by molar-refractivity contribution is 6.30. The quantitative estimate of drug-likeness (QED) is 0.915. The minimum absolute atomic E-state index is 0.0911. The third-order valence-electron chi connectivity index (χ3n) is 5.25. The van der Waals surface area contributed by atoms with E-state index in [1.165, 1.54) is 37.7 Å². The number of benzene rings is 1. The van der Waals surface area contributed by atoms with Crippen molar-refractivity contribution in [3.63, 3.8) is 0 Å². The molecule has 0 unspecified atom stereocenters. The van der Waals surface area contributed by atoms with E-state index in [1.54, 1.807) is 0 Å². The third-order valence-corrected chi connectivity index (χ3v) is 5.50. The van der Waals surface area contributed by atoms with Crippen molar-refractivity contribution in [2.45, 2.75) is 57.1 Å². The predicted molar refractivity (Wildman–Crippen MR) is 87.7 cm³/mol. The molecule has 0 spiro atoms. The Morgan fingerprint density at radius 3 is 2.33 bits per heavy atom. The number of likely N-dealkylation sites (tertiary alicyclic amines) is 1. The van der Waals surface area contributed by atoms with Crippen LogP contribution in [0.4, 0.5) is 0 Å². The van der Waals surface area contributed by atoms with Crippen LogP contribution >= 0.6 is 11.6 Å². The van der Waals surface area contributed by atoms with E-state index in [0.717, 1.165) is 36.9 Å². The zero-order chi connectivity index (χ0) is 14.7. The highest BCUT2D eigenvalue weighted by Gasteiger charge is 2.31. The first-order chi connectivity index (χ1) is 10.2. The van der Waals surface area contributed by atoms with Crippen LogP contribution in [0.3, 0.4) is 0 Å². The first-order valence-corrected chi connectivity index (χ1v) is 8.77. The average Bonchev–Trinajstić information content (AvgIpc) is 2.51. The fourth-order valence-electron chi connectivity index (χ4n) is 3.96. The summed E-state index contributed by atoms with van der Waals surface area (Å²) in [5.74, 6) is 0.781. The number of hydrogen-bond acceptors (Lipinski definition) is 2. The van der Waals surface area contributed by atoms with Crippen LogP contribution in [0, 0.1) is 5.92 Å². The van der Waals surface area contributed by atoms with Crippen LogP contribution in [0.5, 0.6) is 0 Å². The van der Waals surface area contributed by atoms with E-state index in [2.05, 4.69) is 17.0 Å². The second-order valence-corrected chi connectivity index (χ2v) is 7.17. The predicted octanol–water partition coefficient (Wildman–Crippen LogP) is 3.90. The van der Waals surface area contributed by atoms with Crippen molar-refractivity contribution in [1.82, 2.24) is 4.90 Å². The van der Waals surface area contributed by atoms with Crippen molar-refractivity contribution in [2.24, 2.45) is 5.92 Å². The minimum atomic E-state index is -0.0911. The van der Waals surface area contributed by atoms with Crippen molar-refractivity contribution in [2.75, 3.05) is 13.1 Å². The van der Waals surface area contributed by atoms with E-state index in [4.69, 9.17) is 11.6 Å². The second-order valence-electron chi connectivity index (χ2n) is 6.73. The molecule has 0 radical (unpaired) electrons. The maximum Gasteiger partial charge on any atom is 0.0695 e. The lowest BCUT2D eigenvalue weighted by Crippen LogP contribution is -2.48. The fourth-order valence-corrected chi connectivity index (χ4v) is 4.09. The number of aliphatic hydroxyl groups excluding tert-OH is 1. The van der Waals surface area contributed by atoms with Crippen molar-refractivity contribution in [3.8, 4) is 0 Å². The van der Waals surface area contributed by atoms with Gasteiger partial charge in [0.15, 0.2) is 0 Å². The summed E-state index contributed by atoms with van der Waals surface area (Å²) in [5, 5.41) is 11.0. The first kappa shape index (κ1) is 15.3. The third kappa shape index (κ3) is 4.00. The number of halogens is 1. The van der Waals surface area contributed by atoms with Crippen molar-refractivity contribution in [1.29, 1.82) is 0 Å². The van der Waals surface area contributed by atoms with Crippen LogP contribution in [0.1, 0.15) is 44.1 Å². The lowest BCUT2D eigenvalue weighted by molar-refractivity contribution is 0.00406. The van der Waals surface area contributed by atoms with Crippen LogP contribution < -0.4 is 0 Å². The van der Waals surface area contributed by atoms with E-state index < -0.39 is 0 Å². The summed E-state index contributed by atoms with van der Waals surface area (Å²) in [7, 11) is 0. The molecule has 3 heteroatoms. The van der Waals surface area contributed by atoms with E-state index in [1.807, 2.05) is 12.1 Å². The molecule has 2 fully saturated rings. The molecule has 1 N–H and O–H groups in total. The molecule has 1 aromatic rings. The van der Waals surface area contributed by atoms with Gasteiger partial charge in [-0.25, -0.2) is 0 Å². The van der Waals surface area contributed by atoms with E-state index >= 15 is 0 Å². The average molecular weight is 308 g/mol. The summed E-state index contributed by atoms with van der Waals surface area (Å²) in [6.45, 7) is 2.31. The fraction of sp³-hybridized carbons (Fsp3) is 0.667. The number of aliphatic hydroxyl groups is 1. The van der Waals surface area contributed by atoms with Gasteiger partial charge >= 0.3 is 0 Å². The Bertz CT molecular complexity index is 439. The Labute approximate surface area is 133 Å². The van der Waals surface area contributed by atoms with Gasteiger partial charge in [0, 0.05) is 11.1 Å². The summed E-state index contributed by atoms with van der Waals surface area (Å²) >= 11 is 5.94. The molecule has 1 aliphatic carbocycles. The lowest BCUT2D eigenvalue weighted by Gasteiger charge is -2.41. The van der Waals surface area contributed by atoms with Gasteiger partial charge in [0.2, 0.25) is 0 Å². The number of piperidine rings is 1. The molecule has 21 heavy (non-hydrogen) atoms. The summed E-state index contributed by atoms with van der Waals surface area (Å²) in [6.07, 6.45) is 8.25. The monoisotopic (exact) mass is 307 g/mol. The van der Waals surface area contributed by atoms with Crippen LogP contribution in [0.25, 0.3) is 0 Å². The van der Waals surface area contributed by atoms with Gasteiger partial charge in [-0.05, 0) is 68.8 Å². The normalized spacial score (nSPS) is 28.7. The lowest BCUT2D eigenvalue weighted by atomic mass is 9.86. The molecule has 1 saturated heterocycles. The summed E-state index contributed by atoms with van der Waals surface area (Å²) < 4.78 is 0. The van der Waals surface area contributed by atoms with Gasteiger partial charge in [-0.3, -0.25) is 4.90 Å². The maximum absolute atomic E-state index is 10.2.